The molecule has 0 saturated heterocycles. The summed E-state index contributed by atoms with van der Waals surface area (Å²) in [6.45, 7) is 2.82. The molecule has 1 heterocycles. The van der Waals surface area contributed by atoms with Crippen LogP contribution in [0.4, 0.5) is 21.9 Å². The van der Waals surface area contributed by atoms with Crippen LogP contribution in [-0.2, 0) is 4.79 Å². The minimum atomic E-state index is -0.538. The summed E-state index contributed by atoms with van der Waals surface area (Å²) in [6, 6.07) is 15.8. The number of urea groups is 1. The minimum absolute atomic E-state index is 0.114. The van der Waals surface area contributed by atoms with E-state index in [4.69, 9.17) is 4.74 Å². The molecule has 182 valence electrons. The first-order chi connectivity index (χ1) is 17.3. The number of nitrogens with one attached hydrogen (secondary N) is 3. The van der Waals surface area contributed by atoms with Crippen LogP contribution in [0, 0.1) is 0 Å². The lowest BCUT2D eigenvalue weighted by Gasteiger charge is -2.15. The van der Waals surface area contributed by atoms with E-state index in [0.717, 1.165) is 0 Å². The lowest BCUT2D eigenvalue weighted by Crippen LogP contribution is -2.21. The van der Waals surface area contributed by atoms with Gasteiger partial charge in [-0.2, -0.15) is 0 Å². The Balaban J connectivity index is 1.66. The molecule has 10 nitrogen and oxygen atoms in total. The van der Waals surface area contributed by atoms with Crippen LogP contribution in [0.25, 0.3) is 16.6 Å². The number of benzene rings is 3. The second kappa shape index (κ2) is 10.1. The molecule has 3 amide bonds. The van der Waals surface area contributed by atoms with Crippen LogP contribution in [0.2, 0.25) is 0 Å². The van der Waals surface area contributed by atoms with Crippen molar-refractivity contribution in [1.82, 2.24) is 9.55 Å². The average Bonchev–Trinajstić information content (AvgIpc) is 2.84. The van der Waals surface area contributed by atoms with Gasteiger partial charge >= 0.3 is 6.03 Å². The second-order valence-electron chi connectivity index (χ2n) is 7.91. The van der Waals surface area contributed by atoms with E-state index in [0.29, 0.717) is 39.6 Å². The number of ether oxygens (including phenoxy) is 1. The highest BCUT2D eigenvalue weighted by Gasteiger charge is 2.15. The molecule has 0 aliphatic rings. The number of ketones is 1. The zero-order valence-electron chi connectivity index (χ0n) is 19.8. The number of Topliss-reactive ketones (excluding diaryl/α,β-unsaturated/α-hetero) is 1. The Morgan fingerprint density at radius 1 is 0.889 bits per heavy atom. The molecule has 1 aromatic heterocycles. The van der Waals surface area contributed by atoms with Gasteiger partial charge in [0.05, 0.1) is 29.4 Å². The van der Waals surface area contributed by atoms with Gasteiger partial charge in [0, 0.05) is 23.9 Å². The summed E-state index contributed by atoms with van der Waals surface area (Å²) in [5.41, 5.74) is 2.16. The molecule has 36 heavy (non-hydrogen) atoms. The van der Waals surface area contributed by atoms with Crippen molar-refractivity contribution < 1.29 is 19.1 Å². The quantitative estimate of drug-likeness (QED) is 0.351. The normalized spacial score (nSPS) is 10.5. The third-order valence-electron chi connectivity index (χ3n) is 5.31. The van der Waals surface area contributed by atoms with Gasteiger partial charge < -0.3 is 20.7 Å². The summed E-state index contributed by atoms with van der Waals surface area (Å²) in [6.07, 6.45) is 1.38. The Hall–Kier alpha value is -4.99. The number of carbonyl (C=O) groups excluding carboxylic acids is 3. The zero-order valence-corrected chi connectivity index (χ0v) is 19.8. The van der Waals surface area contributed by atoms with Crippen LogP contribution in [-0.4, -0.2) is 34.4 Å². The molecular formula is C26H23N5O5. The van der Waals surface area contributed by atoms with Gasteiger partial charge in [-0.1, -0.05) is 18.2 Å². The molecular weight excluding hydrogens is 462 g/mol. The number of anilines is 3. The Morgan fingerprint density at radius 2 is 1.61 bits per heavy atom. The van der Waals surface area contributed by atoms with E-state index in [1.165, 1.54) is 37.9 Å². The maximum atomic E-state index is 13.4. The van der Waals surface area contributed by atoms with Crippen molar-refractivity contribution in [2.24, 2.45) is 0 Å². The van der Waals surface area contributed by atoms with Gasteiger partial charge in [0.15, 0.2) is 11.5 Å². The molecule has 4 rings (SSSR count). The van der Waals surface area contributed by atoms with Crippen LogP contribution in [0.1, 0.15) is 24.2 Å². The number of amides is 3. The predicted molar refractivity (Wildman–Crippen MR) is 137 cm³/mol. The predicted octanol–water partition coefficient (Wildman–Crippen LogP) is 4.20. The SMILES string of the molecule is COc1c(NC(C)=O)cccc1-n1cnc2ccc(NC(=O)Nc3cccc(C(C)=O)c3)cc2c1=O. The summed E-state index contributed by atoms with van der Waals surface area (Å²) in [4.78, 5) is 53.4. The molecule has 0 aliphatic heterocycles. The topological polar surface area (TPSA) is 131 Å². The molecule has 0 radical (unpaired) electrons. The van der Waals surface area contributed by atoms with Crippen LogP contribution in [0.3, 0.4) is 0 Å². The van der Waals surface area contributed by atoms with E-state index in [9.17, 15) is 19.2 Å². The summed E-state index contributed by atoms with van der Waals surface area (Å²) >= 11 is 0. The fourth-order valence-electron chi connectivity index (χ4n) is 3.70. The van der Waals surface area contributed by atoms with Crippen LogP contribution in [0.5, 0.6) is 5.75 Å². The maximum absolute atomic E-state index is 13.4. The van der Waals surface area contributed by atoms with Gasteiger partial charge in [0.1, 0.15) is 6.33 Å². The highest BCUT2D eigenvalue weighted by molar-refractivity contribution is 6.02. The fraction of sp³-hybridized carbons (Fsp3) is 0.115. The molecule has 10 heteroatoms. The largest absolute Gasteiger partial charge is 0.492 e. The first-order valence-corrected chi connectivity index (χ1v) is 10.9. The number of hydrogen-bond acceptors (Lipinski definition) is 6. The van der Waals surface area contributed by atoms with Crippen molar-refractivity contribution in [3.05, 3.63) is 82.9 Å². The Kier molecular flexibility index (Phi) is 6.77. The van der Waals surface area contributed by atoms with E-state index < -0.39 is 11.6 Å². The molecule has 0 spiro atoms. The third-order valence-corrected chi connectivity index (χ3v) is 5.31. The van der Waals surface area contributed by atoms with Gasteiger partial charge in [0.2, 0.25) is 5.91 Å². The molecule has 3 N–H and O–H groups in total. The summed E-state index contributed by atoms with van der Waals surface area (Å²) in [7, 11) is 1.44. The molecule has 0 fully saturated rings. The molecule has 0 atom stereocenters. The monoisotopic (exact) mass is 485 g/mol. The first-order valence-electron chi connectivity index (χ1n) is 10.9. The number of fused-ring (bicyclic) bond motifs is 1. The average molecular weight is 486 g/mol. The number of rotatable bonds is 6. The third kappa shape index (κ3) is 5.07. The molecule has 0 bridgehead atoms. The number of carbonyl (C=O) groups is 3. The second-order valence-corrected chi connectivity index (χ2v) is 7.91. The van der Waals surface area contributed by atoms with Crippen molar-refractivity contribution in [3.63, 3.8) is 0 Å². The summed E-state index contributed by atoms with van der Waals surface area (Å²) in [5, 5.41) is 8.30. The van der Waals surface area contributed by atoms with Crippen molar-refractivity contribution in [2.45, 2.75) is 13.8 Å². The highest BCUT2D eigenvalue weighted by Crippen LogP contribution is 2.31. The minimum Gasteiger partial charge on any atom is -0.492 e. The summed E-state index contributed by atoms with van der Waals surface area (Å²) < 4.78 is 6.78. The maximum Gasteiger partial charge on any atom is 0.323 e. The highest BCUT2D eigenvalue weighted by atomic mass is 16.5. The lowest BCUT2D eigenvalue weighted by molar-refractivity contribution is -0.114. The number of hydrogen-bond donors (Lipinski definition) is 3. The number of nitrogens with zero attached hydrogens (tertiary/aromatic N) is 2. The summed E-state index contributed by atoms with van der Waals surface area (Å²) in [5.74, 6) is -0.0922. The van der Waals surface area contributed by atoms with Crippen LogP contribution in [0.15, 0.2) is 71.8 Å². The van der Waals surface area contributed by atoms with E-state index in [-0.39, 0.29) is 17.1 Å². The van der Waals surface area contributed by atoms with Crippen molar-refractivity contribution in [2.75, 3.05) is 23.1 Å². The Labute approximate surface area is 205 Å². The smallest absolute Gasteiger partial charge is 0.323 e. The number of aromatic nitrogens is 2. The number of methoxy groups -OCH3 is 1. The van der Waals surface area contributed by atoms with E-state index in [1.807, 2.05) is 0 Å². The van der Waals surface area contributed by atoms with Crippen molar-refractivity contribution in [1.29, 1.82) is 0 Å². The molecule has 0 saturated carbocycles. The van der Waals surface area contributed by atoms with Crippen LogP contribution < -0.4 is 26.2 Å². The van der Waals surface area contributed by atoms with E-state index >= 15 is 0 Å². The van der Waals surface area contributed by atoms with Gasteiger partial charge in [-0.05, 0) is 49.4 Å². The molecule has 0 aliphatic carbocycles. The Morgan fingerprint density at radius 3 is 2.31 bits per heavy atom. The number of para-hydroxylation sites is 1. The van der Waals surface area contributed by atoms with Gasteiger partial charge in [-0.15, -0.1) is 0 Å². The standard InChI is InChI=1S/C26H23N5O5/c1-15(32)17-6-4-7-18(12-17)29-26(35)30-19-10-11-21-20(13-19)25(34)31(14-27-21)23-9-5-8-22(24(23)36-3)28-16(2)33/h4-14H,1-3H3,(H,28,33)(H2,29,30,35). The molecule has 4 aromatic rings. The van der Waals surface area contributed by atoms with Gasteiger partial charge in [0.25, 0.3) is 5.56 Å². The fourth-order valence-corrected chi connectivity index (χ4v) is 3.70. The molecule has 3 aromatic carbocycles. The molecule has 0 unspecified atom stereocenters. The van der Waals surface area contributed by atoms with E-state index in [2.05, 4.69) is 20.9 Å². The van der Waals surface area contributed by atoms with E-state index in [1.54, 1.807) is 54.6 Å². The zero-order chi connectivity index (χ0) is 25.8. The first kappa shape index (κ1) is 24.1. The Bertz CT molecular complexity index is 1560. The van der Waals surface area contributed by atoms with Crippen molar-refractivity contribution >= 4 is 45.7 Å². The lowest BCUT2D eigenvalue weighted by atomic mass is 10.1. The van der Waals surface area contributed by atoms with Gasteiger partial charge in [-0.25, -0.2) is 9.78 Å². The van der Waals surface area contributed by atoms with Crippen LogP contribution >= 0.6 is 0 Å². The van der Waals surface area contributed by atoms with Gasteiger partial charge in [-0.3, -0.25) is 19.0 Å². The van der Waals surface area contributed by atoms with Crippen molar-refractivity contribution in [3.8, 4) is 11.4 Å².